The zero-order chi connectivity index (χ0) is 23.3. The van der Waals surface area contributed by atoms with Crippen molar-refractivity contribution in [3.8, 4) is 0 Å². The number of carbonyl (C=O) groups is 4. The van der Waals surface area contributed by atoms with Crippen molar-refractivity contribution in [2.75, 3.05) is 14.2 Å². The lowest BCUT2D eigenvalue weighted by atomic mass is 9.93. The van der Waals surface area contributed by atoms with Gasteiger partial charge >= 0.3 is 24.2 Å². The van der Waals surface area contributed by atoms with Gasteiger partial charge in [-0.2, -0.15) is 0 Å². The van der Waals surface area contributed by atoms with Gasteiger partial charge in [-0.15, -0.1) is 0 Å². The Kier molecular flexibility index (Phi) is 8.26. The van der Waals surface area contributed by atoms with Crippen LogP contribution in [0.1, 0.15) is 41.5 Å². The summed E-state index contributed by atoms with van der Waals surface area (Å²) in [6.07, 6.45) is -4.39. The summed E-state index contributed by atoms with van der Waals surface area (Å²) in [6.45, 7) is 9.88. The molecule has 30 heavy (non-hydrogen) atoms. The van der Waals surface area contributed by atoms with Crippen LogP contribution in [-0.4, -0.2) is 62.9 Å². The van der Waals surface area contributed by atoms with Crippen molar-refractivity contribution in [1.29, 1.82) is 0 Å². The molecule has 0 fully saturated rings. The Morgan fingerprint density at radius 3 is 1.13 bits per heavy atom. The molecule has 0 amide bonds. The molecular weight excluding hydrogens is 400 g/mol. The molecule has 1 aliphatic carbocycles. The lowest BCUT2D eigenvalue weighted by Crippen LogP contribution is -2.54. The minimum atomic E-state index is -1.36. The minimum Gasteiger partial charge on any atom is -0.454 e. The van der Waals surface area contributed by atoms with Crippen molar-refractivity contribution in [2.24, 2.45) is 10.8 Å². The van der Waals surface area contributed by atoms with Crippen LogP contribution in [0.25, 0.3) is 0 Å². The van der Waals surface area contributed by atoms with Gasteiger partial charge in [0.2, 0.25) is 0 Å². The van der Waals surface area contributed by atoms with Crippen molar-refractivity contribution in [1.82, 2.24) is 0 Å². The zero-order valence-corrected chi connectivity index (χ0v) is 18.5. The summed E-state index contributed by atoms with van der Waals surface area (Å²) >= 11 is 0. The number of methoxy groups -OCH3 is 2. The number of hydrogen-bond donors (Lipinski definition) is 0. The second kappa shape index (κ2) is 9.82. The number of rotatable bonds is 4. The lowest BCUT2D eigenvalue weighted by Gasteiger charge is -2.37. The Labute approximate surface area is 175 Å². The molecule has 0 N–H and O–H groups in total. The van der Waals surface area contributed by atoms with Crippen molar-refractivity contribution in [2.45, 2.75) is 66.0 Å². The van der Waals surface area contributed by atoms with Gasteiger partial charge in [-0.25, -0.2) is 9.59 Å². The first-order chi connectivity index (χ1) is 13.7. The number of hydrogen-bond acceptors (Lipinski definition) is 10. The molecule has 0 aromatic carbocycles. The molecule has 0 aromatic rings. The van der Waals surface area contributed by atoms with Crippen LogP contribution in [0.2, 0.25) is 0 Å². The van der Waals surface area contributed by atoms with Gasteiger partial charge in [-0.1, -0.05) is 0 Å². The Hall–Kier alpha value is -2.78. The largest absolute Gasteiger partial charge is 0.508 e. The molecule has 0 unspecified atom stereocenters. The summed E-state index contributed by atoms with van der Waals surface area (Å²) in [4.78, 5) is 48.3. The first kappa shape index (κ1) is 25.3. The highest BCUT2D eigenvalue weighted by Crippen LogP contribution is 2.29. The molecule has 170 valence electrons. The third-order valence-electron chi connectivity index (χ3n) is 3.97. The van der Waals surface area contributed by atoms with Gasteiger partial charge in [0.05, 0.1) is 25.0 Å². The molecule has 0 aliphatic heterocycles. The van der Waals surface area contributed by atoms with Crippen molar-refractivity contribution in [3.05, 3.63) is 12.2 Å². The SMILES string of the molecule is COC(=O)O[C@@H]1[C@@H](OC(=O)OC)[C@H](OC(=O)C(C)(C)C)C=C[C@H]1OC(=O)C(C)(C)C. The Morgan fingerprint density at radius 2 is 0.900 bits per heavy atom. The molecule has 0 radical (unpaired) electrons. The van der Waals surface area contributed by atoms with Crippen LogP contribution >= 0.6 is 0 Å². The summed E-state index contributed by atoms with van der Waals surface area (Å²) in [6, 6.07) is 0. The number of ether oxygens (including phenoxy) is 6. The highest BCUT2D eigenvalue weighted by atomic mass is 16.8. The van der Waals surface area contributed by atoms with Gasteiger partial charge in [-0.05, 0) is 53.7 Å². The van der Waals surface area contributed by atoms with Gasteiger partial charge in [0.1, 0.15) is 0 Å². The fourth-order valence-corrected chi connectivity index (χ4v) is 2.21. The van der Waals surface area contributed by atoms with E-state index in [1.54, 1.807) is 41.5 Å². The fourth-order valence-electron chi connectivity index (χ4n) is 2.21. The van der Waals surface area contributed by atoms with Crippen LogP contribution in [0.3, 0.4) is 0 Å². The molecule has 0 saturated heterocycles. The van der Waals surface area contributed by atoms with Crippen molar-refractivity contribution < 1.29 is 47.6 Å². The average Bonchev–Trinajstić information content (AvgIpc) is 2.63. The molecule has 0 heterocycles. The smallest absolute Gasteiger partial charge is 0.454 e. The maximum absolute atomic E-state index is 12.4. The molecule has 0 saturated carbocycles. The first-order valence-electron chi connectivity index (χ1n) is 9.30. The average molecular weight is 430 g/mol. The van der Waals surface area contributed by atoms with Crippen LogP contribution in [-0.2, 0) is 38.0 Å². The molecule has 0 spiro atoms. The fraction of sp³-hybridized carbons (Fsp3) is 0.700. The highest BCUT2D eigenvalue weighted by Gasteiger charge is 2.47. The lowest BCUT2D eigenvalue weighted by molar-refractivity contribution is -0.181. The van der Waals surface area contributed by atoms with Gasteiger partial charge in [-0.3, -0.25) is 9.59 Å². The normalized spacial score (nSPS) is 23.7. The summed E-state index contributed by atoms with van der Waals surface area (Å²) < 4.78 is 30.4. The standard InChI is InChI=1S/C20H30O10/c1-19(2,3)15(21)27-11-9-10-12(28-16(22)20(4,5)6)14(30-18(24)26-8)13(11)29-17(23)25-7/h9-14H,1-8H3/t11-,12-,13+,14+/m1/s1. The summed E-state index contributed by atoms with van der Waals surface area (Å²) in [5, 5.41) is 0. The molecular formula is C20H30O10. The van der Waals surface area contributed by atoms with Crippen molar-refractivity contribution >= 4 is 24.2 Å². The Bertz CT molecular complexity index is 625. The maximum Gasteiger partial charge on any atom is 0.508 e. The van der Waals surface area contributed by atoms with Crippen LogP contribution in [0.5, 0.6) is 0 Å². The molecule has 0 bridgehead atoms. The quantitative estimate of drug-likeness (QED) is 0.373. The van der Waals surface area contributed by atoms with Crippen molar-refractivity contribution in [3.63, 3.8) is 0 Å². The van der Waals surface area contributed by atoms with E-state index in [9.17, 15) is 19.2 Å². The summed E-state index contributed by atoms with van der Waals surface area (Å²) in [5.41, 5.74) is -1.70. The highest BCUT2D eigenvalue weighted by molar-refractivity contribution is 5.76. The van der Waals surface area contributed by atoms with Gasteiger partial charge < -0.3 is 28.4 Å². The van der Waals surface area contributed by atoms with E-state index in [4.69, 9.17) is 18.9 Å². The Balaban J connectivity index is 3.31. The maximum atomic E-state index is 12.4. The third kappa shape index (κ3) is 6.93. The van der Waals surface area contributed by atoms with E-state index >= 15 is 0 Å². The Morgan fingerprint density at radius 1 is 0.600 bits per heavy atom. The van der Waals surface area contributed by atoms with Crippen LogP contribution in [0.4, 0.5) is 9.59 Å². The first-order valence-corrected chi connectivity index (χ1v) is 9.30. The van der Waals surface area contributed by atoms with Gasteiger partial charge in [0.25, 0.3) is 0 Å². The topological polar surface area (TPSA) is 124 Å². The molecule has 4 atom stereocenters. The zero-order valence-electron chi connectivity index (χ0n) is 18.5. The minimum absolute atomic E-state index is 0.586. The predicted molar refractivity (Wildman–Crippen MR) is 102 cm³/mol. The monoisotopic (exact) mass is 430 g/mol. The summed E-state index contributed by atoms with van der Waals surface area (Å²) in [5.74, 6) is -1.17. The van der Waals surface area contributed by atoms with Crippen LogP contribution < -0.4 is 0 Å². The number of carbonyl (C=O) groups excluding carboxylic acids is 4. The predicted octanol–water partition coefficient (Wildman–Crippen LogP) is 2.78. The van der Waals surface area contributed by atoms with Gasteiger partial charge in [0, 0.05) is 0 Å². The molecule has 10 nitrogen and oxygen atoms in total. The van der Waals surface area contributed by atoms with E-state index in [0.29, 0.717) is 0 Å². The van der Waals surface area contributed by atoms with E-state index in [1.165, 1.54) is 12.2 Å². The van der Waals surface area contributed by atoms with E-state index in [2.05, 4.69) is 9.47 Å². The van der Waals surface area contributed by atoms with E-state index in [-0.39, 0.29) is 0 Å². The van der Waals surface area contributed by atoms with Gasteiger partial charge in [0.15, 0.2) is 24.4 Å². The second-order valence-corrected chi connectivity index (χ2v) is 8.70. The molecule has 1 aliphatic rings. The molecule has 10 heteroatoms. The third-order valence-corrected chi connectivity index (χ3v) is 3.97. The molecule has 0 aromatic heterocycles. The van der Waals surface area contributed by atoms with Crippen LogP contribution in [0.15, 0.2) is 12.2 Å². The van der Waals surface area contributed by atoms with Crippen LogP contribution in [0, 0.1) is 10.8 Å². The molecule has 1 rings (SSSR count). The van der Waals surface area contributed by atoms with E-state index in [1.807, 2.05) is 0 Å². The number of esters is 2. The summed E-state index contributed by atoms with van der Waals surface area (Å²) in [7, 11) is 2.18. The second-order valence-electron chi connectivity index (χ2n) is 8.70. The van der Waals surface area contributed by atoms with E-state index in [0.717, 1.165) is 14.2 Å². The van der Waals surface area contributed by atoms with E-state index < -0.39 is 59.5 Å².